The van der Waals surface area contributed by atoms with Crippen LogP contribution in [0.1, 0.15) is 41.5 Å². The minimum Gasteiger partial charge on any atom is -0.393 e. The second-order valence-electron chi connectivity index (χ2n) is 8.82. The van der Waals surface area contributed by atoms with Crippen LogP contribution in [0, 0.1) is 0 Å². The summed E-state index contributed by atoms with van der Waals surface area (Å²) in [6, 6.07) is 7.79. The van der Waals surface area contributed by atoms with E-state index in [9.17, 15) is 41.0 Å². The van der Waals surface area contributed by atoms with Crippen molar-refractivity contribution in [2.45, 2.75) is 50.6 Å². The number of aryl methyl sites for hydroxylation is 1. The van der Waals surface area contributed by atoms with Gasteiger partial charge < -0.3 is 15.3 Å². The number of rotatable bonds is 3. The second kappa shape index (κ2) is 9.61. The largest absolute Gasteiger partial charge is 0.416 e. The van der Waals surface area contributed by atoms with Gasteiger partial charge in [0.15, 0.2) is 0 Å². The zero-order valence-electron chi connectivity index (χ0n) is 18.8. The van der Waals surface area contributed by atoms with E-state index in [1.165, 1.54) is 6.08 Å². The fourth-order valence-corrected chi connectivity index (χ4v) is 4.58. The number of aliphatic hydroxyl groups excluding tert-OH is 1. The maximum Gasteiger partial charge on any atom is 0.416 e. The minimum atomic E-state index is -4.82. The Hall–Kier alpha value is -3.34. The molecular formula is C25H22F6N2O3. The van der Waals surface area contributed by atoms with Crippen molar-refractivity contribution in [3.63, 3.8) is 0 Å². The van der Waals surface area contributed by atoms with Crippen LogP contribution in [0.25, 0.3) is 5.57 Å². The number of nitrogens with zero attached hydrogens (tertiary/aromatic N) is 1. The summed E-state index contributed by atoms with van der Waals surface area (Å²) in [4.78, 5) is 25.8. The van der Waals surface area contributed by atoms with Crippen LogP contribution in [0.3, 0.4) is 0 Å². The Morgan fingerprint density at radius 1 is 1.08 bits per heavy atom. The molecule has 2 aromatic rings. The molecule has 1 atom stereocenters. The first kappa shape index (κ1) is 25.7. The molecule has 0 saturated carbocycles. The molecule has 0 saturated heterocycles. The highest BCUT2D eigenvalue weighted by molar-refractivity contribution is 6.07. The highest BCUT2D eigenvalue weighted by atomic mass is 19.4. The molecule has 2 amide bonds. The summed E-state index contributed by atoms with van der Waals surface area (Å²) in [6.07, 6.45) is -9.18. The van der Waals surface area contributed by atoms with Crippen molar-refractivity contribution in [2.75, 3.05) is 16.8 Å². The van der Waals surface area contributed by atoms with Gasteiger partial charge in [-0.15, -0.1) is 0 Å². The van der Waals surface area contributed by atoms with E-state index in [2.05, 4.69) is 5.32 Å². The van der Waals surface area contributed by atoms with Crippen molar-refractivity contribution in [1.29, 1.82) is 0 Å². The van der Waals surface area contributed by atoms with Crippen LogP contribution in [-0.4, -0.2) is 35.7 Å². The van der Waals surface area contributed by atoms with Gasteiger partial charge in [0, 0.05) is 30.3 Å². The van der Waals surface area contributed by atoms with Crippen molar-refractivity contribution in [3.8, 4) is 0 Å². The topological polar surface area (TPSA) is 69.6 Å². The van der Waals surface area contributed by atoms with Gasteiger partial charge in [-0.3, -0.25) is 9.59 Å². The fraction of sp³-hybridized carbons (Fsp3) is 0.360. The van der Waals surface area contributed by atoms with E-state index in [1.54, 1.807) is 12.1 Å². The number of aliphatic hydroxyl groups is 1. The lowest BCUT2D eigenvalue weighted by molar-refractivity contribution is -0.152. The van der Waals surface area contributed by atoms with Crippen LogP contribution in [-0.2, 0) is 28.6 Å². The van der Waals surface area contributed by atoms with Crippen molar-refractivity contribution in [3.05, 3.63) is 64.7 Å². The zero-order valence-corrected chi connectivity index (χ0v) is 18.8. The number of halogens is 6. The number of carbonyl (C=O) groups is 2. The Morgan fingerprint density at radius 3 is 2.53 bits per heavy atom. The predicted octanol–water partition coefficient (Wildman–Crippen LogP) is 5.27. The molecule has 1 heterocycles. The van der Waals surface area contributed by atoms with Gasteiger partial charge in [0.1, 0.15) is 6.42 Å². The Morgan fingerprint density at radius 2 is 1.83 bits per heavy atom. The number of hydrogen-bond donors (Lipinski definition) is 2. The summed E-state index contributed by atoms with van der Waals surface area (Å²) in [5.41, 5.74) is 1.20. The summed E-state index contributed by atoms with van der Waals surface area (Å²) in [5, 5.41) is 12.7. The first-order chi connectivity index (χ1) is 16.8. The standard InChI is InChI=1S/C25H22F6N2O3/c26-24(27,28)13-23(36)33-9-8-15(18-7-5-16(11-21(18)33)25(29,30)31)10-22(35)32-20-3-1-2-14-4-6-17(34)12-19(14)20/h1-3,5,7,10-11,17,34H,4,6,8-9,12-13H2,(H,32,35). The van der Waals surface area contributed by atoms with Gasteiger partial charge in [0.25, 0.3) is 0 Å². The first-order valence-corrected chi connectivity index (χ1v) is 11.2. The Labute approximate surface area is 202 Å². The lowest BCUT2D eigenvalue weighted by atomic mass is 9.88. The van der Waals surface area contributed by atoms with E-state index in [1.807, 2.05) is 6.07 Å². The molecule has 0 aromatic heterocycles. The Bertz CT molecular complexity index is 1220. The van der Waals surface area contributed by atoms with E-state index in [4.69, 9.17) is 0 Å². The maximum atomic E-state index is 13.3. The molecule has 2 N–H and O–H groups in total. The summed E-state index contributed by atoms with van der Waals surface area (Å²) in [5.74, 6) is -1.96. The van der Waals surface area contributed by atoms with Gasteiger partial charge in [-0.05, 0) is 54.2 Å². The molecule has 2 aliphatic rings. The van der Waals surface area contributed by atoms with Gasteiger partial charge in [-0.2, -0.15) is 26.3 Å². The molecule has 1 aliphatic heterocycles. The van der Waals surface area contributed by atoms with E-state index < -0.39 is 42.3 Å². The molecule has 5 nitrogen and oxygen atoms in total. The second-order valence-corrected chi connectivity index (χ2v) is 8.82. The van der Waals surface area contributed by atoms with Crippen LogP contribution < -0.4 is 10.2 Å². The number of hydrogen-bond acceptors (Lipinski definition) is 3. The SMILES string of the molecule is O=C(C=C1CCN(C(=O)CC(F)(F)F)c2cc(C(F)(F)F)ccc21)Nc1cccc2c1CC(O)CC2. The molecule has 1 aliphatic carbocycles. The third-order valence-corrected chi connectivity index (χ3v) is 6.24. The predicted molar refractivity (Wildman–Crippen MR) is 120 cm³/mol. The average molecular weight is 512 g/mol. The molecule has 192 valence electrons. The van der Waals surface area contributed by atoms with Crippen molar-refractivity contribution in [1.82, 2.24) is 0 Å². The average Bonchev–Trinajstić information content (AvgIpc) is 2.77. The van der Waals surface area contributed by atoms with E-state index in [0.717, 1.165) is 23.3 Å². The third-order valence-electron chi connectivity index (χ3n) is 6.24. The normalized spacial score (nSPS) is 19.0. The number of fused-ring (bicyclic) bond motifs is 2. The van der Waals surface area contributed by atoms with Crippen LogP contribution in [0.5, 0.6) is 0 Å². The lowest BCUT2D eigenvalue weighted by Crippen LogP contribution is -2.38. The van der Waals surface area contributed by atoms with E-state index in [-0.39, 0.29) is 29.8 Å². The molecule has 36 heavy (non-hydrogen) atoms. The first-order valence-electron chi connectivity index (χ1n) is 11.2. The van der Waals surface area contributed by atoms with Crippen molar-refractivity contribution < 1.29 is 41.0 Å². The summed E-state index contributed by atoms with van der Waals surface area (Å²) < 4.78 is 78.3. The number of nitrogens with one attached hydrogen (secondary N) is 1. The van der Waals surface area contributed by atoms with Crippen molar-refractivity contribution >= 4 is 28.8 Å². The zero-order chi connectivity index (χ0) is 26.3. The molecule has 0 radical (unpaired) electrons. The van der Waals surface area contributed by atoms with Gasteiger partial charge >= 0.3 is 12.4 Å². The van der Waals surface area contributed by atoms with Gasteiger partial charge in [-0.25, -0.2) is 0 Å². The quantitative estimate of drug-likeness (QED) is 0.435. The summed E-state index contributed by atoms with van der Waals surface area (Å²) >= 11 is 0. The minimum absolute atomic E-state index is 0.0268. The molecule has 1 unspecified atom stereocenters. The molecule has 11 heteroatoms. The molecule has 4 rings (SSSR count). The number of benzene rings is 2. The molecule has 2 aromatic carbocycles. The van der Waals surface area contributed by atoms with E-state index in [0.29, 0.717) is 35.9 Å². The van der Waals surface area contributed by atoms with Crippen LogP contribution in [0.15, 0.2) is 42.5 Å². The summed E-state index contributed by atoms with van der Waals surface area (Å²) in [7, 11) is 0. The van der Waals surface area contributed by atoms with Gasteiger partial charge in [0.2, 0.25) is 11.8 Å². The smallest absolute Gasteiger partial charge is 0.393 e. The molecule has 0 fully saturated rings. The lowest BCUT2D eigenvalue weighted by Gasteiger charge is -2.32. The highest BCUT2D eigenvalue weighted by Crippen LogP contribution is 2.40. The summed E-state index contributed by atoms with van der Waals surface area (Å²) in [6.45, 7) is -0.310. The maximum absolute atomic E-state index is 13.3. The van der Waals surface area contributed by atoms with Crippen LogP contribution in [0.4, 0.5) is 37.7 Å². The number of alkyl halides is 6. The molecule has 0 bridgehead atoms. The van der Waals surface area contributed by atoms with Crippen LogP contribution in [0.2, 0.25) is 0 Å². The van der Waals surface area contributed by atoms with Gasteiger partial charge in [0.05, 0.1) is 17.4 Å². The number of amides is 2. The van der Waals surface area contributed by atoms with Crippen LogP contribution >= 0.6 is 0 Å². The molecule has 0 spiro atoms. The third kappa shape index (κ3) is 5.72. The van der Waals surface area contributed by atoms with Gasteiger partial charge in [-0.1, -0.05) is 18.2 Å². The highest BCUT2D eigenvalue weighted by Gasteiger charge is 2.38. The number of anilines is 2. The Kier molecular flexibility index (Phi) is 6.87. The fourth-order valence-electron chi connectivity index (χ4n) is 4.58. The van der Waals surface area contributed by atoms with E-state index >= 15 is 0 Å². The van der Waals surface area contributed by atoms with Crippen molar-refractivity contribution in [2.24, 2.45) is 0 Å². The Balaban J connectivity index is 1.65. The number of carbonyl (C=O) groups excluding carboxylic acids is 2. The monoisotopic (exact) mass is 512 g/mol. The molecular weight excluding hydrogens is 490 g/mol.